The molecule has 2 N–H and O–H groups in total. The largest absolute Gasteiger partial charge is 0.488 e. The van der Waals surface area contributed by atoms with Crippen LogP contribution in [0.5, 0.6) is 5.75 Å². The third-order valence-electron chi connectivity index (χ3n) is 6.25. The Kier molecular flexibility index (Phi) is 7.95. The molecule has 0 heterocycles. The summed E-state index contributed by atoms with van der Waals surface area (Å²) in [5, 5.41) is 10.9. The molecule has 0 saturated carbocycles. The van der Waals surface area contributed by atoms with Crippen LogP contribution >= 0.6 is 0 Å². The lowest BCUT2D eigenvalue weighted by atomic mass is 10.00. The Balaban J connectivity index is 1.64. The number of fused-ring (bicyclic) bond motifs is 1. The lowest BCUT2D eigenvalue weighted by Crippen LogP contribution is -2.41. The summed E-state index contributed by atoms with van der Waals surface area (Å²) in [6.07, 6.45) is 9.12. The molecule has 180 valence electrons. The highest BCUT2D eigenvalue weighted by atomic mass is 16.5. The summed E-state index contributed by atoms with van der Waals surface area (Å²) in [6.45, 7) is 2.69. The fourth-order valence-corrected chi connectivity index (χ4v) is 4.41. The fourth-order valence-electron chi connectivity index (χ4n) is 4.41. The molecule has 35 heavy (non-hydrogen) atoms. The first-order chi connectivity index (χ1) is 17.1. The van der Waals surface area contributed by atoms with E-state index in [0.717, 1.165) is 41.3 Å². The summed E-state index contributed by atoms with van der Waals surface area (Å²) in [5.41, 5.74) is 3.25. The number of carbonyl (C=O) groups is 2. The molecule has 1 aliphatic rings. The molecular formula is C29H30N2O4. The van der Waals surface area contributed by atoms with Crippen LogP contribution in [0.2, 0.25) is 0 Å². The van der Waals surface area contributed by atoms with E-state index in [1.54, 1.807) is 29.7 Å². The number of amides is 2. The molecule has 4 rings (SSSR count). The van der Waals surface area contributed by atoms with Gasteiger partial charge in [-0.1, -0.05) is 60.7 Å². The molecule has 0 bridgehead atoms. The maximum Gasteiger partial charge on any atom is 0.274 e. The molecule has 0 saturated heterocycles. The first kappa shape index (κ1) is 24.2. The van der Waals surface area contributed by atoms with Gasteiger partial charge in [-0.25, -0.2) is 5.48 Å². The summed E-state index contributed by atoms with van der Waals surface area (Å²) in [5.74, 6) is 0.0659. The van der Waals surface area contributed by atoms with Crippen molar-refractivity contribution in [3.05, 3.63) is 95.6 Å². The van der Waals surface area contributed by atoms with Crippen LogP contribution in [0.25, 0.3) is 16.8 Å². The highest BCUT2D eigenvalue weighted by Crippen LogP contribution is 2.26. The molecule has 0 radical (unpaired) electrons. The number of hydrogen-bond donors (Lipinski definition) is 2. The standard InChI is InChI=1S/C29H30N2O4/c1-2-31(25-11-4-3-5-12-25)29(33)24(19-21-15-17-23(18-16-21)28(32)30-34)20-35-27-14-8-10-22-9-6-7-13-26(22)27/h4,6-11,13-19,25,34H,2-3,5,12,20H2,1H3,(H,30,32). The molecule has 0 aliphatic heterocycles. The van der Waals surface area contributed by atoms with Gasteiger partial charge in [0.1, 0.15) is 12.4 Å². The Labute approximate surface area is 205 Å². The molecule has 3 aromatic rings. The average molecular weight is 471 g/mol. The molecule has 0 spiro atoms. The minimum absolute atomic E-state index is 0.0674. The molecule has 6 nitrogen and oxygen atoms in total. The molecule has 1 unspecified atom stereocenters. The molecule has 0 fully saturated rings. The summed E-state index contributed by atoms with van der Waals surface area (Å²) >= 11 is 0. The number of benzene rings is 3. The van der Waals surface area contributed by atoms with E-state index in [-0.39, 0.29) is 18.6 Å². The van der Waals surface area contributed by atoms with E-state index >= 15 is 0 Å². The minimum Gasteiger partial charge on any atom is -0.488 e. The Morgan fingerprint density at radius 1 is 1.09 bits per heavy atom. The van der Waals surface area contributed by atoms with Gasteiger partial charge in [0, 0.05) is 17.5 Å². The Morgan fingerprint density at radius 2 is 1.86 bits per heavy atom. The van der Waals surface area contributed by atoms with E-state index in [4.69, 9.17) is 9.94 Å². The van der Waals surface area contributed by atoms with Gasteiger partial charge in [0.15, 0.2) is 0 Å². The molecule has 1 atom stereocenters. The number of rotatable bonds is 8. The van der Waals surface area contributed by atoms with Crippen molar-refractivity contribution in [2.45, 2.75) is 32.2 Å². The molecule has 1 aliphatic carbocycles. The van der Waals surface area contributed by atoms with Crippen LogP contribution in [-0.4, -0.2) is 41.1 Å². The predicted octanol–water partition coefficient (Wildman–Crippen LogP) is 5.38. The summed E-state index contributed by atoms with van der Waals surface area (Å²) < 4.78 is 6.21. The van der Waals surface area contributed by atoms with Crippen molar-refractivity contribution < 1.29 is 19.5 Å². The van der Waals surface area contributed by atoms with Crippen molar-refractivity contribution in [3.8, 4) is 5.75 Å². The Hall–Kier alpha value is -3.90. The molecule has 0 aromatic heterocycles. The van der Waals surface area contributed by atoms with Crippen LogP contribution in [0.4, 0.5) is 0 Å². The van der Waals surface area contributed by atoms with Gasteiger partial charge in [0.2, 0.25) is 0 Å². The first-order valence-corrected chi connectivity index (χ1v) is 11.9. The van der Waals surface area contributed by atoms with Crippen molar-refractivity contribution >= 4 is 28.7 Å². The maximum atomic E-state index is 13.7. The maximum absolute atomic E-state index is 13.7. The van der Waals surface area contributed by atoms with E-state index in [2.05, 4.69) is 12.2 Å². The normalized spacial score (nSPS) is 15.6. The van der Waals surface area contributed by atoms with E-state index in [0.29, 0.717) is 17.7 Å². The number of carbonyl (C=O) groups excluding carboxylic acids is 2. The van der Waals surface area contributed by atoms with Crippen molar-refractivity contribution in [2.24, 2.45) is 0 Å². The lowest BCUT2D eigenvalue weighted by Gasteiger charge is -2.31. The van der Waals surface area contributed by atoms with Crippen LogP contribution in [0, 0.1) is 0 Å². The van der Waals surface area contributed by atoms with Crippen LogP contribution in [-0.2, 0) is 4.79 Å². The Bertz CT molecular complexity index is 1240. The zero-order valence-corrected chi connectivity index (χ0v) is 19.8. The quantitative estimate of drug-likeness (QED) is 0.201. The second-order valence-corrected chi connectivity index (χ2v) is 8.52. The van der Waals surface area contributed by atoms with E-state index in [9.17, 15) is 9.59 Å². The minimum atomic E-state index is -0.586. The number of likely N-dealkylation sites (N-methyl/N-ethyl adjacent to an activating group) is 1. The molecular weight excluding hydrogens is 440 g/mol. The molecule has 2 amide bonds. The topological polar surface area (TPSA) is 78.9 Å². The highest BCUT2D eigenvalue weighted by molar-refractivity contribution is 5.99. The zero-order chi connectivity index (χ0) is 24.6. The third-order valence-corrected chi connectivity index (χ3v) is 6.25. The smallest absolute Gasteiger partial charge is 0.274 e. The fraction of sp³-hybridized carbons (Fsp3) is 0.241. The zero-order valence-electron chi connectivity index (χ0n) is 19.8. The molecule has 3 aromatic carbocycles. The number of hydrogen-bond acceptors (Lipinski definition) is 4. The Morgan fingerprint density at radius 3 is 2.57 bits per heavy atom. The number of allylic oxidation sites excluding steroid dienone is 1. The van der Waals surface area contributed by atoms with Crippen molar-refractivity contribution in [1.82, 2.24) is 10.4 Å². The summed E-state index contributed by atoms with van der Waals surface area (Å²) in [7, 11) is 0. The summed E-state index contributed by atoms with van der Waals surface area (Å²) in [4.78, 5) is 27.3. The van der Waals surface area contributed by atoms with Gasteiger partial charge in [0.25, 0.3) is 11.8 Å². The van der Waals surface area contributed by atoms with E-state index in [1.807, 2.05) is 60.4 Å². The first-order valence-electron chi connectivity index (χ1n) is 11.9. The van der Waals surface area contributed by atoms with Crippen molar-refractivity contribution in [1.29, 1.82) is 0 Å². The van der Waals surface area contributed by atoms with Crippen LogP contribution in [0.3, 0.4) is 0 Å². The van der Waals surface area contributed by atoms with Gasteiger partial charge in [-0.3, -0.25) is 14.8 Å². The van der Waals surface area contributed by atoms with Crippen molar-refractivity contribution in [2.75, 3.05) is 13.2 Å². The molecule has 6 heteroatoms. The second-order valence-electron chi connectivity index (χ2n) is 8.52. The lowest BCUT2D eigenvalue weighted by molar-refractivity contribution is -0.128. The third kappa shape index (κ3) is 5.78. The SMILES string of the molecule is CCN(C(=O)C(=Cc1ccc(C(=O)NO)cc1)COc1cccc2ccccc12)C1C=CCCC1. The van der Waals surface area contributed by atoms with Gasteiger partial charge in [-0.2, -0.15) is 0 Å². The number of nitrogens with zero attached hydrogens (tertiary/aromatic N) is 1. The van der Waals surface area contributed by atoms with E-state index in [1.165, 1.54) is 0 Å². The van der Waals surface area contributed by atoms with Crippen molar-refractivity contribution in [3.63, 3.8) is 0 Å². The van der Waals surface area contributed by atoms with E-state index < -0.39 is 5.91 Å². The number of ether oxygens (including phenoxy) is 1. The average Bonchev–Trinajstić information content (AvgIpc) is 2.92. The van der Waals surface area contributed by atoms with Crippen LogP contribution in [0.15, 0.2) is 84.5 Å². The van der Waals surface area contributed by atoms with Crippen LogP contribution < -0.4 is 10.2 Å². The second kappa shape index (κ2) is 11.5. The number of hydroxylamine groups is 1. The predicted molar refractivity (Wildman–Crippen MR) is 137 cm³/mol. The van der Waals surface area contributed by atoms with Gasteiger partial charge < -0.3 is 9.64 Å². The van der Waals surface area contributed by atoms with Gasteiger partial charge >= 0.3 is 0 Å². The van der Waals surface area contributed by atoms with Gasteiger partial charge in [0.05, 0.1) is 11.6 Å². The van der Waals surface area contributed by atoms with Gasteiger partial charge in [-0.15, -0.1) is 0 Å². The van der Waals surface area contributed by atoms with Gasteiger partial charge in [-0.05, 0) is 61.4 Å². The van der Waals surface area contributed by atoms with Crippen LogP contribution in [0.1, 0.15) is 42.1 Å². The monoisotopic (exact) mass is 470 g/mol. The summed E-state index contributed by atoms with van der Waals surface area (Å²) in [6, 6.07) is 20.6. The highest BCUT2D eigenvalue weighted by Gasteiger charge is 2.25. The number of nitrogens with one attached hydrogen (secondary N) is 1.